The lowest BCUT2D eigenvalue weighted by Crippen LogP contribution is -2.32. The van der Waals surface area contributed by atoms with Gasteiger partial charge in [0.25, 0.3) is 0 Å². The van der Waals surface area contributed by atoms with E-state index in [2.05, 4.69) is 51.9 Å². The highest BCUT2D eigenvalue weighted by Crippen LogP contribution is 2.35. The fourth-order valence-corrected chi connectivity index (χ4v) is 2.66. The average molecular weight is 255 g/mol. The van der Waals surface area contributed by atoms with E-state index in [9.17, 15) is 0 Å². The number of thiol groups is 1. The number of rotatable bonds is 4. The van der Waals surface area contributed by atoms with Gasteiger partial charge in [-0.3, -0.25) is 0 Å². The minimum atomic E-state index is 0.405. The summed E-state index contributed by atoms with van der Waals surface area (Å²) in [6.45, 7) is 11.7. The Bertz CT molecular complexity index is 347. The van der Waals surface area contributed by atoms with Crippen LogP contribution >= 0.6 is 24.8 Å². The van der Waals surface area contributed by atoms with Gasteiger partial charge in [0.15, 0.2) is 0 Å². The van der Waals surface area contributed by atoms with E-state index in [1.54, 1.807) is 0 Å². The van der Waals surface area contributed by atoms with Crippen molar-refractivity contribution < 1.29 is 0 Å². The molecule has 0 amide bonds. The fraction of sp³-hybridized carbons (Fsp3) is 0.615. The Labute approximate surface area is 110 Å². The van der Waals surface area contributed by atoms with Crippen molar-refractivity contribution in [3.05, 3.63) is 22.8 Å². The van der Waals surface area contributed by atoms with E-state index < -0.39 is 0 Å². The summed E-state index contributed by atoms with van der Waals surface area (Å²) in [5, 5.41) is 0. The van der Waals surface area contributed by atoms with Crippen LogP contribution in [0.3, 0.4) is 0 Å². The first-order chi connectivity index (χ1) is 7.24. The number of hydrogen-bond donors (Lipinski definition) is 1. The average Bonchev–Trinajstić information content (AvgIpc) is 2.15. The molecule has 1 nitrogen and oxygen atoms in total. The molecule has 16 heavy (non-hydrogen) atoms. The van der Waals surface area contributed by atoms with E-state index in [4.69, 9.17) is 12.2 Å². The largest absolute Gasteiger partial charge is 0.372 e. The second-order valence-corrected chi connectivity index (χ2v) is 6.45. The van der Waals surface area contributed by atoms with Crippen LogP contribution < -0.4 is 0 Å². The molecule has 0 atom stereocenters. The minimum absolute atomic E-state index is 0.405. The summed E-state index contributed by atoms with van der Waals surface area (Å²) in [6.07, 6.45) is 2.40. The first kappa shape index (κ1) is 13.8. The van der Waals surface area contributed by atoms with Gasteiger partial charge in [-0.1, -0.05) is 39.6 Å². The van der Waals surface area contributed by atoms with Crippen LogP contribution in [0.25, 0.3) is 0 Å². The molecule has 0 aromatic heterocycles. The van der Waals surface area contributed by atoms with Gasteiger partial charge in [0.2, 0.25) is 0 Å². The number of nitrogens with zero attached hydrogens (tertiary/aromatic N) is 1. The molecule has 0 aromatic carbocycles. The van der Waals surface area contributed by atoms with Crippen molar-refractivity contribution >= 4 is 29.7 Å². The van der Waals surface area contributed by atoms with Crippen LogP contribution in [0.5, 0.6) is 0 Å². The van der Waals surface area contributed by atoms with Gasteiger partial charge >= 0.3 is 0 Å². The van der Waals surface area contributed by atoms with Gasteiger partial charge in [-0.15, -0.1) is 12.6 Å². The van der Waals surface area contributed by atoms with E-state index >= 15 is 0 Å². The van der Waals surface area contributed by atoms with Crippen molar-refractivity contribution in [1.29, 1.82) is 0 Å². The molecule has 1 rings (SSSR count). The van der Waals surface area contributed by atoms with Crippen LogP contribution in [0.1, 0.15) is 33.6 Å². The summed E-state index contributed by atoms with van der Waals surface area (Å²) in [4.78, 5) is 4.04. The predicted octanol–water partition coefficient (Wildman–Crippen LogP) is 3.83. The third kappa shape index (κ3) is 3.11. The molecule has 0 fully saturated rings. The van der Waals surface area contributed by atoms with Crippen molar-refractivity contribution in [1.82, 2.24) is 4.90 Å². The topological polar surface area (TPSA) is 3.24 Å². The molecule has 0 saturated carbocycles. The molecule has 90 valence electrons. The SMILES string of the molecule is C=C1C(=S)C(N(C)CCCC(C)(C)C)=C1S. The number of allylic oxidation sites excluding steroid dienone is 2. The van der Waals surface area contributed by atoms with Crippen molar-refractivity contribution in [3.8, 4) is 0 Å². The van der Waals surface area contributed by atoms with Crippen LogP contribution in [0, 0.1) is 5.41 Å². The lowest BCUT2D eigenvalue weighted by atomic mass is 9.90. The normalized spacial score (nSPS) is 16.6. The third-order valence-corrected chi connectivity index (χ3v) is 3.72. The van der Waals surface area contributed by atoms with Crippen molar-refractivity contribution in [2.75, 3.05) is 13.6 Å². The minimum Gasteiger partial charge on any atom is -0.372 e. The summed E-state index contributed by atoms with van der Waals surface area (Å²) in [6, 6.07) is 0. The summed E-state index contributed by atoms with van der Waals surface area (Å²) in [7, 11) is 2.08. The second kappa shape index (κ2) is 4.92. The molecule has 0 spiro atoms. The van der Waals surface area contributed by atoms with Gasteiger partial charge in [-0.2, -0.15) is 0 Å². The second-order valence-electron chi connectivity index (χ2n) is 5.59. The van der Waals surface area contributed by atoms with Crippen LogP contribution in [0.15, 0.2) is 22.8 Å². The highest BCUT2D eigenvalue weighted by molar-refractivity contribution is 7.86. The molecular weight excluding hydrogens is 234 g/mol. The molecule has 0 bridgehead atoms. The van der Waals surface area contributed by atoms with Gasteiger partial charge in [0, 0.05) is 24.1 Å². The Kier molecular flexibility index (Phi) is 4.24. The van der Waals surface area contributed by atoms with Crippen molar-refractivity contribution in [2.45, 2.75) is 33.6 Å². The van der Waals surface area contributed by atoms with E-state index in [1.165, 1.54) is 12.8 Å². The standard InChI is InChI=1S/C13H21NS2/c1-9-11(15)10(12(9)16)14(5)8-6-7-13(2,3)4/h15H,1,6-8H2,2-5H3. The lowest BCUT2D eigenvalue weighted by Gasteiger charge is -2.33. The van der Waals surface area contributed by atoms with Crippen LogP contribution in [0.4, 0.5) is 0 Å². The van der Waals surface area contributed by atoms with Crippen molar-refractivity contribution in [3.63, 3.8) is 0 Å². The quantitative estimate of drug-likeness (QED) is 0.462. The van der Waals surface area contributed by atoms with Gasteiger partial charge in [0.05, 0.1) is 10.6 Å². The molecular formula is C13H21NS2. The van der Waals surface area contributed by atoms with Crippen molar-refractivity contribution in [2.24, 2.45) is 5.41 Å². The summed E-state index contributed by atoms with van der Waals surface area (Å²) in [5.74, 6) is 0. The van der Waals surface area contributed by atoms with Gasteiger partial charge in [0.1, 0.15) is 0 Å². The first-order valence-corrected chi connectivity index (χ1v) is 6.48. The maximum Gasteiger partial charge on any atom is 0.0700 e. The van der Waals surface area contributed by atoms with E-state index in [0.29, 0.717) is 5.41 Å². The molecule has 0 N–H and O–H groups in total. The smallest absolute Gasteiger partial charge is 0.0700 e. The maximum absolute atomic E-state index is 5.26. The molecule has 3 heteroatoms. The molecule has 0 saturated heterocycles. The number of thiocarbonyl (C=S) groups is 1. The summed E-state index contributed by atoms with van der Waals surface area (Å²) >= 11 is 9.66. The molecule has 1 aliphatic carbocycles. The molecule has 0 heterocycles. The molecule has 0 aliphatic heterocycles. The maximum atomic E-state index is 5.26. The predicted molar refractivity (Wildman–Crippen MR) is 79.1 cm³/mol. The molecule has 0 aromatic rings. The first-order valence-electron chi connectivity index (χ1n) is 5.62. The van der Waals surface area contributed by atoms with E-state index in [0.717, 1.165) is 27.6 Å². The Morgan fingerprint density at radius 1 is 1.38 bits per heavy atom. The monoisotopic (exact) mass is 255 g/mol. The lowest BCUT2D eigenvalue weighted by molar-refractivity contribution is 0.327. The zero-order chi connectivity index (χ0) is 12.5. The Morgan fingerprint density at radius 3 is 2.38 bits per heavy atom. The Hall–Kier alpha value is -0.280. The zero-order valence-corrected chi connectivity index (χ0v) is 12.3. The van der Waals surface area contributed by atoms with Crippen LogP contribution in [0.2, 0.25) is 0 Å². The highest BCUT2D eigenvalue weighted by atomic mass is 32.1. The van der Waals surface area contributed by atoms with E-state index in [1.807, 2.05) is 0 Å². The van der Waals surface area contributed by atoms with Gasteiger partial charge in [-0.25, -0.2) is 0 Å². The Morgan fingerprint density at radius 2 is 1.94 bits per heavy atom. The summed E-state index contributed by atoms with van der Waals surface area (Å²) < 4.78 is 0. The van der Waals surface area contributed by atoms with Gasteiger partial charge < -0.3 is 4.90 Å². The Balaban J connectivity index is 2.46. The molecule has 1 aliphatic rings. The van der Waals surface area contributed by atoms with E-state index in [-0.39, 0.29) is 0 Å². The van der Waals surface area contributed by atoms with Gasteiger partial charge in [-0.05, 0) is 18.3 Å². The van der Waals surface area contributed by atoms with Crippen LogP contribution in [-0.4, -0.2) is 23.4 Å². The zero-order valence-electron chi connectivity index (χ0n) is 10.6. The third-order valence-electron chi connectivity index (χ3n) is 2.80. The molecule has 0 unspecified atom stereocenters. The fourth-order valence-electron chi connectivity index (χ4n) is 1.75. The number of hydrogen-bond acceptors (Lipinski definition) is 3. The molecule has 0 radical (unpaired) electrons. The summed E-state index contributed by atoms with van der Waals surface area (Å²) in [5.41, 5.74) is 2.41. The highest BCUT2D eigenvalue weighted by Gasteiger charge is 2.28. The van der Waals surface area contributed by atoms with Crippen LogP contribution in [-0.2, 0) is 0 Å².